The number of benzene rings is 1. The Balaban J connectivity index is 1.20. The molecule has 51 heavy (non-hydrogen) atoms. The Bertz CT molecular complexity index is 2140. The zero-order valence-corrected chi connectivity index (χ0v) is 28.6. The number of piperazine rings is 1. The molecule has 2 N–H and O–H groups in total. The molecule has 4 aromatic rings. The topological polar surface area (TPSA) is 133 Å². The number of alkyl halides is 3. The van der Waals surface area contributed by atoms with Crippen molar-refractivity contribution in [1.82, 2.24) is 29.0 Å². The number of H-pyrrole nitrogens is 1. The minimum atomic E-state index is -4.60. The molecule has 6 heterocycles. The number of hydrogen-bond donors (Lipinski definition) is 2. The molecule has 3 aliphatic rings. The van der Waals surface area contributed by atoms with Gasteiger partial charge in [0, 0.05) is 46.0 Å². The number of nitrogens with one attached hydrogen (secondary N) is 2. The van der Waals surface area contributed by atoms with Crippen LogP contribution in [0.15, 0.2) is 47.4 Å². The molecular formula is C34H35ClF3N9O4. The number of aromatic amines is 1. The molecular weight excluding hydrogens is 691 g/mol. The van der Waals surface area contributed by atoms with E-state index in [9.17, 15) is 27.6 Å². The molecule has 0 radical (unpaired) electrons. The van der Waals surface area contributed by atoms with Crippen molar-refractivity contribution in [2.75, 3.05) is 68.1 Å². The third-order valence-electron chi connectivity index (χ3n) is 9.37. The van der Waals surface area contributed by atoms with Gasteiger partial charge >= 0.3 is 6.18 Å². The number of amides is 2. The number of fused-ring (bicyclic) bond motifs is 2. The lowest BCUT2D eigenvalue weighted by Gasteiger charge is -2.37. The van der Waals surface area contributed by atoms with Crippen molar-refractivity contribution in [3.05, 3.63) is 80.8 Å². The molecule has 17 heteroatoms. The van der Waals surface area contributed by atoms with E-state index < -0.39 is 23.2 Å². The fourth-order valence-electron chi connectivity index (χ4n) is 6.74. The van der Waals surface area contributed by atoms with Gasteiger partial charge in [-0.1, -0.05) is 30.7 Å². The molecule has 0 spiro atoms. The number of hydrogen-bond acceptors (Lipinski definition) is 8. The van der Waals surface area contributed by atoms with Crippen molar-refractivity contribution in [1.29, 1.82) is 0 Å². The number of nitrogens with zero attached hydrogens (tertiary/aromatic N) is 7. The quantitative estimate of drug-likeness (QED) is 0.292. The summed E-state index contributed by atoms with van der Waals surface area (Å²) in [6.07, 6.45) is 1.85. The van der Waals surface area contributed by atoms with Gasteiger partial charge in [0.05, 0.1) is 52.1 Å². The fraction of sp³-hybridized carbons (Fsp3) is 0.382. The fourth-order valence-corrected chi connectivity index (χ4v) is 6.97. The molecule has 3 aromatic heterocycles. The highest BCUT2D eigenvalue weighted by Gasteiger charge is 2.33. The summed E-state index contributed by atoms with van der Waals surface area (Å²) < 4.78 is 47.9. The van der Waals surface area contributed by atoms with Crippen LogP contribution in [0.5, 0.6) is 0 Å². The third kappa shape index (κ3) is 6.49. The summed E-state index contributed by atoms with van der Waals surface area (Å²) in [6, 6.07) is 4.63. The molecule has 2 amide bonds. The summed E-state index contributed by atoms with van der Waals surface area (Å²) >= 11 is 6.13. The summed E-state index contributed by atoms with van der Waals surface area (Å²) in [5, 5.41) is 6.91. The number of carbonyl (C=O) groups excluding carboxylic acids is 2. The number of ether oxygens (including phenoxy) is 1. The Hall–Kier alpha value is -5.09. The highest BCUT2D eigenvalue weighted by molar-refractivity contribution is 6.33. The van der Waals surface area contributed by atoms with E-state index in [1.807, 2.05) is 43.3 Å². The second-order valence-corrected chi connectivity index (χ2v) is 12.9. The second kappa shape index (κ2) is 13.6. The first kappa shape index (κ1) is 34.4. The van der Waals surface area contributed by atoms with Crippen LogP contribution in [0.2, 0.25) is 5.02 Å². The second-order valence-electron chi connectivity index (χ2n) is 12.5. The molecule has 0 atom stereocenters. The van der Waals surface area contributed by atoms with Gasteiger partial charge < -0.3 is 34.3 Å². The minimum Gasteiger partial charge on any atom is -0.377 e. The van der Waals surface area contributed by atoms with E-state index in [-0.39, 0.29) is 28.9 Å². The van der Waals surface area contributed by atoms with Gasteiger partial charge in [0.15, 0.2) is 5.82 Å². The number of likely N-dealkylation sites (N-methyl/N-ethyl adjacent to an activating group) is 1. The molecule has 3 aliphatic heterocycles. The third-order valence-corrected chi connectivity index (χ3v) is 9.68. The molecule has 7 rings (SSSR count). The van der Waals surface area contributed by atoms with Crippen molar-refractivity contribution in [3.8, 4) is 0 Å². The molecule has 13 nitrogen and oxygen atoms in total. The maximum absolute atomic E-state index is 14.2. The molecule has 0 saturated carbocycles. The number of halogens is 4. The van der Waals surface area contributed by atoms with Gasteiger partial charge in [0.25, 0.3) is 11.5 Å². The van der Waals surface area contributed by atoms with E-state index in [1.54, 1.807) is 9.47 Å². The summed E-state index contributed by atoms with van der Waals surface area (Å²) in [4.78, 5) is 55.1. The summed E-state index contributed by atoms with van der Waals surface area (Å²) in [7, 11) is 1.96. The highest BCUT2D eigenvalue weighted by atomic mass is 35.5. The van der Waals surface area contributed by atoms with Crippen molar-refractivity contribution in [2.45, 2.75) is 32.5 Å². The predicted octanol–water partition coefficient (Wildman–Crippen LogP) is 4.08. The van der Waals surface area contributed by atoms with E-state index >= 15 is 0 Å². The molecule has 1 aromatic carbocycles. The van der Waals surface area contributed by atoms with Gasteiger partial charge in [-0.2, -0.15) is 22.7 Å². The van der Waals surface area contributed by atoms with E-state index in [2.05, 4.69) is 20.3 Å². The van der Waals surface area contributed by atoms with Crippen molar-refractivity contribution >= 4 is 57.4 Å². The van der Waals surface area contributed by atoms with Crippen molar-refractivity contribution in [2.24, 2.45) is 0 Å². The van der Waals surface area contributed by atoms with E-state index in [0.717, 1.165) is 35.2 Å². The van der Waals surface area contributed by atoms with Gasteiger partial charge in [0.2, 0.25) is 11.7 Å². The maximum atomic E-state index is 14.2. The monoisotopic (exact) mass is 725 g/mol. The lowest BCUT2D eigenvalue weighted by atomic mass is 10.1. The molecule has 1 saturated heterocycles. The Labute approximate surface area is 294 Å². The molecule has 1 fully saturated rings. The Morgan fingerprint density at radius 1 is 1.12 bits per heavy atom. The first-order valence-corrected chi connectivity index (χ1v) is 16.9. The number of anilines is 3. The summed E-state index contributed by atoms with van der Waals surface area (Å²) in [5.41, 5.74) is 2.65. The van der Waals surface area contributed by atoms with E-state index in [4.69, 9.17) is 21.3 Å². The maximum Gasteiger partial charge on any atom is 0.416 e. The smallest absolute Gasteiger partial charge is 0.377 e. The average molecular weight is 726 g/mol. The standard InChI is InChI=1S/C34H35ClF3N9O4/c1-3-25-29(44-12-14-45(15-13-44)31(49)22-7-11-43(2)26-6-10-39-28(22)26)32(50)47-33(41-30(42-47)20-8-16-51-17-9-20)46(25)19-27(48)40-24-5-4-21(18-23(24)35)34(36,37)38/h4-8,10,18,39H,3,9,11-17,19H2,1-2H3,(H,40,48). The van der Waals surface area contributed by atoms with Crippen molar-refractivity contribution in [3.63, 3.8) is 0 Å². The molecule has 0 aliphatic carbocycles. The van der Waals surface area contributed by atoms with Crippen LogP contribution in [0, 0.1) is 0 Å². The van der Waals surface area contributed by atoms with Crippen LogP contribution in [0.1, 0.15) is 36.1 Å². The van der Waals surface area contributed by atoms with Crippen LogP contribution in [-0.2, 0) is 33.5 Å². The van der Waals surface area contributed by atoms with Crippen LogP contribution in [-0.4, -0.2) is 93.8 Å². The van der Waals surface area contributed by atoms with Gasteiger partial charge in [-0.05, 0) is 42.7 Å². The normalized spacial score (nSPS) is 16.6. The summed E-state index contributed by atoms with van der Waals surface area (Å²) in [5.74, 6) is -0.219. The van der Waals surface area contributed by atoms with Gasteiger partial charge in [-0.15, -0.1) is 5.10 Å². The lowest BCUT2D eigenvalue weighted by Crippen LogP contribution is -2.51. The molecule has 0 bridgehead atoms. The highest BCUT2D eigenvalue weighted by Crippen LogP contribution is 2.34. The van der Waals surface area contributed by atoms with Crippen LogP contribution in [0.4, 0.5) is 30.2 Å². The van der Waals surface area contributed by atoms with Gasteiger partial charge in [-0.25, -0.2) is 0 Å². The summed E-state index contributed by atoms with van der Waals surface area (Å²) in [6.45, 7) is 4.37. The van der Waals surface area contributed by atoms with Crippen LogP contribution in [0.3, 0.4) is 0 Å². The van der Waals surface area contributed by atoms with Gasteiger partial charge in [0.1, 0.15) is 12.2 Å². The lowest BCUT2D eigenvalue weighted by molar-refractivity contribution is -0.137. The van der Waals surface area contributed by atoms with E-state index in [1.165, 1.54) is 4.52 Å². The van der Waals surface area contributed by atoms with Crippen LogP contribution < -0.4 is 20.7 Å². The predicted molar refractivity (Wildman–Crippen MR) is 186 cm³/mol. The SMILES string of the molecule is CCc1c(N2CCN(C(=O)C3=CCN(C)c4cc[nH]c43)CC2)c(=O)n2nc(C3=CCOCC3)nc2n1CC(=O)Nc1ccc(C(F)(F)F)cc1Cl. The zero-order valence-electron chi connectivity index (χ0n) is 27.9. The number of carbonyl (C=O) groups is 2. The number of rotatable bonds is 7. The van der Waals surface area contributed by atoms with Crippen LogP contribution >= 0.6 is 11.6 Å². The van der Waals surface area contributed by atoms with Crippen molar-refractivity contribution < 1.29 is 27.5 Å². The largest absolute Gasteiger partial charge is 0.416 e. The van der Waals surface area contributed by atoms with Crippen LogP contribution in [0.25, 0.3) is 16.9 Å². The average Bonchev–Trinajstić information content (AvgIpc) is 3.80. The van der Waals surface area contributed by atoms with E-state index in [0.29, 0.717) is 81.6 Å². The first-order valence-electron chi connectivity index (χ1n) is 16.5. The number of aromatic nitrogens is 5. The minimum absolute atomic E-state index is 0.00602. The molecule has 268 valence electrons. The Morgan fingerprint density at radius 2 is 1.90 bits per heavy atom. The zero-order chi connectivity index (χ0) is 36.0. The Kier molecular flexibility index (Phi) is 9.14. The first-order chi connectivity index (χ1) is 24.4. The Morgan fingerprint density at radius 3 is 2.59 bits per heavy atom. The molecule has 0 unspecified atom stereocenters. The van der Waals surface area contributed by atoms with Gasteiger partial charge in [-0.3, -0.25) is 14.4 Å².